The lowest BCUT2D eigenvalue weighted by Gasteiger charge is -2.22. The maximum Gasteiger partial charge on any atom is 0.239 e. The first-order chi connectivity index (χ1) is 10.3. The molecule has 0 atom stereocenters. The van der Waals surface area contributed by atoms with E-state index in [9.17, 15) is 14.4 Å². The van der Waals surface area contributed by atoms with Gasteiger partial charge in [-0.05, 0) is 32.9 Å². The van der Waals surface area contributed by atoms with Gasteiger partial charge in [-0.1, -0.05) is 12.1 Å². The average Bonchev–Trinajstić information content (AvgIpc) is 2.47. The molecule has 0 unspecified atom stereocenters. The zero-order valence-electron chi connectivity index (χ0n) is 13.4. The summed E-state index contributed by atoms with van der Waals surface area (Å²) in [6.07, 6.45) is 0. The van der Waals surface area contributed by atoms with Crippen molar-refractivity contribution >= 4 is 23.3 Å². The predicted octanol–water partition coefficient (Wildman–Crippen LogP) is 1.62. The van der Waals surface area contributed by atoms with Gasteiger partial charge in [0.05, 0.1) is 6.61 Å². The van der Waals surface area contributed by atoms with E-state index in [1.165, 1.54) is 14.0 Å². The Labute approximate surface area is 130 Å². The SMILES string of the molecule is COCCNC(=O)C(C)(C)C(=O)Nc1cccc(C(C)=O)c1. The van der Waals surface area contributed by atoms with Gasteiger partial charge in [0.15, 0.2) is 5.78 Å². The molecule has 6 nitrogen and oxygen atoms in total. The molecule has 0 spiro atoms. The molecule has 0 saturated carbocycles. The Hall–Kier alpha value is -2.21. The van der Waals surface area contributed by atoms with E-state index in [0.717, 1.165) is 0 Å². The van der Waals surface area contributed by atoms with E-state index in [0.29, 0.717) is 24.4 Å². The highest BCUT2D eigenvalue weighted by atomic mass is 16.5. The Kier molecular flexibility index (Phi) is 6.24. The van der Waals surface area contributed by atoms with Crippen LogP contribution >= 0.6 is 0 Å². The van der Waals surface area contributed by atoms with E-state index in [-0.39, 0.29) is 11.7 Å². The molecule has 0 aromatic heterocycles. The Morgan fingerprint density at radius 1 is 1.18 bits per heavy atom. The molecule has 0 heterocycles. The number of benzene rings is 1. The number of carbonyl (C=O) groups is 3. The molecule has 120 valence electrons. The number of methoxy groups -OCH3 is 1. The second kappa shape index (κ2) is 7.70. The number of ether oxygens (including phenoxy) is 1. The number of hydrogen-bond acceptors (Lipinski definition) is 4. The summed E-state index contributed by atoms with van der Waals surface area (Å²) in [6.45, 7) is 5.25. The zero-order chi connectivity index (χ0) is 16.8. The van der Waals surface area contributed by atoms with Gasteiger partial charge in [-0.3, -0.25) is 14.4 Å². The first-order valence-corrected chi connectivity index (χ1v) is 6.98. The molecule has 6 heteroatoms. The Morgan fingerprint density at radius 3 is 2.45 bits per heavy atom. The van der Waals surface area contributed by atoms with Crippen LogP contribution in [0.5, 0.6) is 0 Å². The highest BCUT2D eigenvalue weighted by molar-refractivity contribution is 6.10. The van der Waals surface area contributed by atoms with Gasteiger partial charge in [-0.15, -0.1) is 0 Å². The van der Waals surface area contributed by atoms with Crippen LogP contribution in [-0.4, -0.2) is 37.9 Å². The van der Waals surface area contributed by atoms with E-state index < -0.39 is 11.3 Å². The molecular formula is C16H22N2O4. The molecule has 1 rings (SSSR count). The van der Waals surface area contributed by atoms with Crippen molar-refractivity contribution in [3.63, 3.8) is 0 Å². The monoisotopic (exact) mass is 306 g/mol. The number of nitrogens with one attached hydrogen (secondary N) is 2. The lowest BCUT2D eigenvalue weighted by atomic mass is 9.91. The lowest BCUT2D eigenvalue weighted by Crippen LogP contribution is -2.45. The zero-order valence-corrected chi connectivity index (χ0v) is 13.4. The van der Waals surface area contributed by atoms with Crippen LogP contribution in [-0.2, 0) is 14.3 Å². The standard InChI is InChI=1S/C16H22N2O4/c1-11(19)12-6-5-7-13(10-12)18-15(21)16(2,3)14(20)17-8-9-22-4/h5-7,10H,8-9H2,1-4H3,(H,17,20)(H,18,21). The number of carbonyl (C=O) groups excluding carboxylic acids is 3. The first-order valence-electron chi connectivity index (χ1n) is 6.98. The second-order valence-electron chi connectivity index (χ2n) is 5.46. The van der Waals surface area contributed by atoms with Crippen molar-refractivity contribution in [3.8, 4) is 0 Å². The minimum absolute atomic E-state index is 0.0901. The maximum atomic E-state index is 12.3. The van der Waals surface area contributed by atoms with Crippen LogP contribution in [0.15, 0.2) is 24.3 Å². The van der Waals surface area contributed by atoms with E-state index >= 15 is 0 Å². The molecule has 2 amide bonds. The van der Waals surface area contributed by atoms with Gasteiger partial charge in [-0.2, -0.15) is 0 Å². The molecular weight excluding hydrogens is 284 g/mol. The van der Waals surface area contributed by atoms with Crippen LogP contribution in [0, 0.1) is 5.41 Å². The topological polar surface area (TPSA) is 84.5 Å². The van der Waals surface area contributed by atoms with Crippen molar-refractivity contribution in [3.05, 3.63) is 29.8 Å². The summed E-state index contributed by atoms with van der Waals surface area (Å²) < 4.78 is 4.85. The summed E-state index contributed by atoms with van der Waals surface area (Å²) in [7, 11) is 1.53. The van der Waals surface area contributed by atoms with Gasteiger partial charge < -0.3 is 15.4 Å². The van der Waals surface area contributed by atoms with Gasteiger partial charge in [0.1, 0.15) is 5.41 Å². The van der Waals surface area contributed by atoms with Crippen LogP contribution in [0.3, 0.4) is 0 Å². The van der Waals surface area contributed by atoms with Gasteiger partial charge in [0, 0.05) is 24.9 Å². The summed E-state index contributed by atoms with van der Waals surface area (Å²) in [6, 6.07) is 6.60. The molecule has 0 saturated heterocycles. The number of hydrogen-bond donors (Lipinski definition) is 2. The molecule has 0 aliphatic carbocycles. The highest BCUT2D eigenvalue weighted by Crippen LogP contribution is 2.20. The van der Waals surface area contributed by atoms with E-state index in [4.69, 9.17) is 4.74 Å². The quantitative estimate of drug-likeness (QED) is 0.455. The summed E-state index contributed by atoms with van der Waals surface area (Å²) >= 11 is 0. The molecule has 0 aliphatic rings. The van der Waals surface area contributed by atoms with Crippen molar-refractivity contribution in [1.29, 1.82) is 0 Å². The Morgan fingerprint density at radius 2 is 1.86 bits per heavy atom. The van der Waals surface area contributed by atoms with Crippen LogP contribution in [0.2, 0.25) is 0 Å². The number of amides is 2. The fraction of sp³-hybridized carbons (Fsp3) is 0.438. The van der Waals surface area contributed by atoms with Gasteiger partial charge >= 0.3 is 0 Å². The maximum absolute atomic E-state index is 12.3. The predicted molar refractivity (Wildman–Crippen MR) is 83.7 cm³/mol. The van der Waals surface area contributed by atoms with Gasteiger partial charge in [0.2, 0.25) is 11.8 Å². The third kappa shape index (κ3) is 4.66. The third-order valence-electron chi connectivity index (χ3n) is 3.25. The molecule has 2 N–H and O–H groups in total. The largest absolute Gasteiger partial charge is 0.383 e. The minimum atomic E-state index is -1.24. The van der Waals surface area contributed by atoms with E-state index in [1.807, 2.05) is 0 Å². The minimum Gasteiger partial charge on any atom is -0.383 e. The fourth-order valence-corrected chi connectivity index (χ4v) is 1.69. The Balaban J connectivity index is 2.76. The molecule has 0 bridgehead atoms. The van der Waals surface area contributed by atoms with Crippen LogP contribution in [0.1, 0.15) is 31.1 Å². The van der Waals surface area contributed by atoms with E-state index in [1.54, 1.807) is 38.1 Å². The molecule has 0 fully saturated rings. The lowest BCUT2D eigenvalue weighted by molar-refractivity contribution is -0.138. The first kappa shape index (κ1) is 17.8. The summed E-state index contributed by atoms with van der Waals surface area (Å²) in [4.78, 5) is 35.7. The van der Waals surface area contributed by atoms with E-state index in [2.05, 4.69) is 10.6 Å². The summed E-state index contributed by atoms with van der Waals surface area (Å²) in [5, 5.41) is 5.31. The smallest absolute Gasteiger partial charge is 0.239 e. The fourth-order valence-electron chi connectivity index (χ4n) is 1.69. The van der Waals surface area contributed by atoms with Crippen molar-refractivity contribution < 1.29 is 19.1 Å². The van der Waals surface area contributed by atoms with Crippen molar-refractivity contribution in [2.75, 3.05) is 25.6 Å². The number of anilines is 1. The van der Waals surface area contributed by atoms with Crippen LogP contribution in [0.25, 0.3) is 0 Å². The van der Waals surface area contributed by atoms with Crippen LogP contribution in [0.4, 0.5) is 5.69 Å². The summed E-state index contributed by atoms with van der Waals surface area (Å²) in [5.41, 5.74) is -0.254. The van der Waals surface area contributed by atoms with Crippen molar-refractivity contribution in [1.82, 2.24) is 5.32 Å². The van der Waals surface area contributed by atoms with Crippen molar-refractivity contribution in [2.24, 2.45) is 5.41 Å². The molecule has 22 heavy (non-hydrogen) atoms. The molecule has 0 radical (unpaired) electrons. The van der Waals surface area contributed by atoms with Gasteiger partial charge in [0.25, 0.3) is 0 Å². The molecule has 1 aromatic rings. The van der Waals surface area contributed by atoms with Crippen LogP contribution < -0.4 is 10.6 Å². The summed E-state index contributed by atoms with van der Waals surface area (Å²) in [5.74, 6) is -0.916. The highest BCUT2D eigenvalue weighted by Gasteiger charge is 2.35. The number of rotatable bonds is 7. The number of Topliss-reactive ketones (excluding diaryl/α,β-unsaturated/α-hetero) is 1. The third-order valence-corrected chi connectivity index (χ3v) is 3.25. The average molecular weight is 306 g/mol. The second-order valence-corrected chi connectivity index (χ2v) is 5.46. The Bertz CT molecular complexity index is 567. The number of ketones is 1. The molecule has 1 aromatic carbocycles. The molecule has 0 aliphatic heterocycles. The van der Waals surface area contributed by atoms with Crippen molar-refractivity contribution in [2.45, 2.75) is 20.8 Å². The normalized spacial score (nSPS) is 10.9. The van der Waals surface area contributed by atoms with Gasteiger partial charge in [-0.25, -0.2) is 0 Å².